The highest BCUT2D eigenvalue weighted by atomic mass is 16.2. The largest absolute Gasteiger partial charge is 0.338 e. The summed E-state index contributed by atoms with van der Waals surface area (Å²) in [5.74, 6) is 0.372. The Bertz CT molecular complexity index is 1360. The van der Waals surface area contributed by atoms with E-state index < -0.39 is 0 Å². The van der Waals surface area contributed by atoms with Crippen molar-refractivity contribution in [3.8, 4) is 11.1 Å². The van der Waals surface area contributed by atoms with Gasteiger partial charge in [-0.1, -0.05) is 61.7 Å². The number of fused-ring (bicyclic) bond motifs is 4. The molecule has 2 atom stereocenters. The lowest BCUT2D eigenvalue weighted by Gasteiger charge is -2.43. The normalized spacial score (nSPS) is 21.2. The first-order chi connectivity index (χ1) is 18.1. The minimum atomic E-state index is -0.118. The number of hydrogen-bond donors (Lipinski definition) is 1. The zero-order valence-electron chi connectivity index (χ0n) is 21.1. The van der Waals surface area contributed by atoms with Crippen molar-refractivity contribution in [3.63, 3.8) is 0 Å². The van der Waals surface area contributed by atoms with Crippen LogP contribution in [0.3, 0.4) is 0 Å². The maximum atomic E-state index is 13.4. The van der Waals surface area contributed by atoms with Crippen molar-refractivity contribution in [1.29, 1.82) is 0 Å². The average molecular weight is 496 g/mol. The van der Waals surface area contributed by atoms with Crippen molar-refractivity contribution in [2.75, 3.05) is 18.4 Å². The highest BCUT2D eigenvalue weighted by molar-refractivity contribution is 5.95. The standard InChI is InChI=1S/C31H33N3O3/c35-29(24-9-5-2-6-10-24)32-27-15-16-28-26-17-21(19-34(28)31(27)37)18-33(20-26)30(36)25-13-11-23(12-14-25)22-7-3-1-4-8-22/h1,3-4,7-8,11-16,21,24,26H,2,5-6,9-10,17-20H2,(H,32,35). The van der Waals surface area contributed by atoms with Crippen molar-refractivity contribution < 1.29 is 9.59 Å². The van der Waals surface area contributed by atoms with E-state index in [-0.39, 0.29) is 35.1 Å². The van der Waals surface area contributed by atoms with Crippen LogP contribution in [0.2, 0.25) is 0 Å². The first kappa shape index (κ1) is 23.7. The quantitative estimate of drug-likeness (QED) is 0.534. The van der Waals surface area contributed by atoms with E-state index in [9.17, 15) is 14.4 Å². The van der Waals surface area contributed by atoms with Gasteiger partial charge in [0.1, 0.15) is 5.69 Å². The van der Waals surface area contributed by atoms with Gasteiger partial charge in [-0.15, -0.1) is 0 Å². The van der Waals surface area contributed by atoms with Crippen molar-refractivity contribution >= 4 is 17.5 Å². The molecule has 3 heterocycles. The molecule has 0 spiro atoms. The molecule has 2 aliphatic heterocycles. The highest BCUT2D eigenvalue weighted by Gasteiger charge is 2.37. The lowest BCUT2D eigenvalue weighted by atomic mass is 9.83. The number of hydrogen-bond acceptors (Lipinski definition) is 3. The molecular formula is C31H33N3O3. The van der Waals surface area contributed by atoms with Crippen molar-refractivity contribution in [3.05, 3.63) is 88.3 Å². The number of aromatic nitrogens is 1. The summed E-state index contributed by atoms with van der Waals surface area (Å²) >= 11 is 0. The lowest BCUT2D eigenvalue weighted by Crippen LogP contribution is -2.49. The second-order valence-corrected chi connectivity index (χ2v) is 10.9. The molecule has 1 saturated carbocycles. The lowest BCUT2D eigenvalue weighted by molar-refractivity contribution is -0.120. The minimum Gasteiger partial charge on any atom is -0.338 e. The molecule has 1 saturated heterocycles. The number of anilines is 1. The monoisotopic (exact) mass is 495 g/mol. The molecule has 3 aromatic rings. The van der Waals surface area contributed by atoms with Crippen LogP contribution in [0.5, 0.6) is 0 Å². The summed E-state index contributed by atoms with van der Waals surface area (Å²) in [7, 11) is 0. The molecule has 2 bridgehead atoms. The van der Waals surface area contributed by atoms with Gasteiger partial charge in [-0.25, -0.2) is 0 Å². The average Bonchev–Trinajstić information content (AvgIpc) is 2.95. The fourth-order valence-electron chi connectivity index (χ4n) is 6.42. The van der Waals surface area contributed by atoms with Gasteiger partial charge in [0.15, 0.2) is 0 Å². The molecule has 2 fully saturated rings. The number of nitrogens with zero attached hydrogens (tertiary/aromatic N) is 2. The molecular weight excluding hydrogens is 462 g/mol. The van der Waals surface area contributed by atoms with Crippen LogP contribution in [0.4, 0.5) is 5.69 Å². The molecule has 3 aliphatic rings. The third-order valence-corrected chi connectivity index (χ3v) is 8.36. The molecule has 2 amide bonds. The Balaban J connectivity index is 1.17. The van der Waals surface area contributed by atoms with Gasteiger partial charge in [-0.2, -0.15) is 0 Å². The predicted molar refractivity (Wildman–Crippen MR) is 145 cm³/mol. The van der Waals surface area contributed by atoms with Crippen LogP contribution in [-0.4, -0.2) is 34.4 Å². The van der Waals surface area contributed by atoms with Gasteiger partial charge in [-0.05, 0) is 60.6 Å². The summed E-state index contributed by atoms with van der Waals surface area (Å²) in [4.78, 5) is 41.4. The van der Waals surface area contributed by atoms with Gasteiger partial charge in [0.2, 0.25) is 5.91 Å². The molecule has 6 heteroatoms. The molecule has 2 aromatic carbocycles. The zero-order chi connectivity index (χ0) is 25.4. The third kappa shape index (κ3) is 4.73. The molecule has 6 nitrogen and oxygen atoms in total. The highest BCUT2D eigenvalue weighted by Crippen LogP contribution is 2.36. The Hall–Kier alpha value is -3.67. The van der Waals surface area contributed by atoms with Gasteiger partial charge in [0, 0.05) is 42.7 Å². The van der Waals surface area contributed by atoms with Crippen LogP contribution < -0.4 is 10.9 Å². The second-order valence-electron chi connectivity index (χ2n) is 10.9. The van der Waals surface area contributed by atoms with Crippen LogP contribution in [0, 0.1) is 11.8 Å². The third-order valence-electron chi connectivity index (χ3n) is 8.36. The Labute approximate surface area is 217 Å². The second kappa shape index (κ2) is 10.0. The number of pyridine rings is 1. The fraction of sp³-hybridized carbons (Fsp3) is 0.387. The molecule has 6 rings (SSSR count). The molecule has 190 valence electrons. The number of carbonyl (C=O) groups excluding carboxylic acids is 2. The first-order valence-electron chi connectivity index (χ1n) is 13.6. The first-order valence-corrected chi connectivity index (χ1v) is 13.6. The van der Waals surface area contributed by atoms with Crippen LogP contribution in [-0.2, 0) is 11.3 Å². The van der Waals surface area contributed by atoms with E-state index in [1.165, 1.54) is 6.42 Å². The summed E-state index contributed by atoms with van der Waals surface area (Å²) in [5.41, 5.74) is 4.14. The molecule has 1 N–H and O–H groups in total. The fourth-order valence-corrected chi connectivity index (χ4v) is 6.42. The Kier molecular flexibility index (Phi) is 6.41. The number of nitrogens with one attached hydrogen (secondary N) is 1. The maximum absolute atomic E-state index is 13.4. The maximum Gasteiger partial charge on any atom is 0.274 e. The minimum absolute atomic E-state index is 0.00916. The van der Waals surface area contributed by atoms with E-state index in [0.29, 0.717) is 30.9 Å². The van der Waals surface area contributed by atoms with Gasteiger partial charge < -0.3 is 14.8 Å². The van der Waals surface area contributed by atoms with Crippen molar-refractivity contribution in [1.82, 2.24) is 9.47 Å². The predicted octanol–water partition coefficient (Wildman–Crippen LogP) is 5.29. The number of carbonyl (C=O) groups is 2. The summed E-state index contributed by atoms with van der Waals surface area (Å²) < 4.78 is 1.84. The van der Waals surface area contributed by atoms with Crippen LogP contribution in [0.1, 0.15) is 60.5 Å². The van der Waals surface area contributed by atoms with E-state index >= 15 is 0 Å². The molecule has 1 aromatic heterocycles. The van der Waals surface area contributed by atoms with Crippen LogP contribution in [0.15, 0.2) is 71.5 Å². The van der Waals surface area contributed by atoms with Crippen LogP contribution >= 0.6 is 0 Å². The van der Waals surface area contributed by atoms with Gasteiger partial charge in [0.05, 0.1) is 0 Å². The van der Waals surface area contributed by atoms with Crippen molar-refractivity contribution in [2.24, 2.45) is 11.8 Å². The molecule has 2 unspecified atom stereocenters. The molecule has 1 aliphatic carbocycles. The molecule has 37 heavy (non-hydrogen) atoms. The van der Waals surface area contributed by atoms with Gasteiger partial charge in [-0.3, -0.25) is 14.4 Å². The van der Waals surface area contributed by atoms with E-state index in [1.54, 1.807) is 6.07 Å². The van der Waals surface area contributed by atoms with Crippen molar-refractivity contribution in [2.45, 2.75) is 51.0 Å². The zero-order valence-corrected chi connectivity index (χ0v) is 21.1. The number of amides is 2. The summed E-state index contributed by atoms with van der Waals surface area (Å²) in [6, 6.07) is 21.7. The topological polar surface area (TPSA) is 71.4 Å². The molecule has 0 radical (unpaired) electrons. The van der Waals surface area contributed by atoms with E-state index in [0.717, 1.165) is 48.9 Å². The number of piperidine rings is 1. The van der Waals surface area contributed by atoms with Crippen LogP contribution in [0.25, 0.3) is 11.1 Å². The summed E-state index contributed by atoms with van der Waals surface area (Å²) in [6.07, 6.45) is 6.13. The number of benzene rings is 2. The van der Waals surface area contributed by atoms with E-state index in [4.69, 9.17) is 0 Å². The number of likely N-dealkylation sites (tertiary alicyclic amines) is 1. The van der Waals surface area contributed by atoms with E-state index in [2.05, 4.69) is 17.4 Å². The summed E-state index contributed by atoms with van der Waals surface area (Å²) in [6.45, 7) is 1.82. The Morgan fingerprint density at radius 1 is 0.784 bits per heavy atom. The summed E-state index contributed by atoms with van der Waals surface area (Å²) in [5, 5.41) is 2.92. The SMILES string of the molecule is O=C(Nc1ccc2n(c1=O)CC1CC2CN(C(=O)c2ccc(-c3ccccc3)cc2)C1)C1CCCCC1. The number of rotatable bonds is 4. The van der Waals surface area contributed by atoms with Gasteiger partial charge >= 0.3 is 0 Å². The Morgan fingerprint density at radius 2 is 1.51 bits per heavy atom. The van der Waals surface area contributed by atoms with E-state index in [1.807, 2.05) is 58.0 Å². The Morgan fingerprint density at radius 3 is 2.27 bits per heavy atom. The smallest absolute Gasteiger partial charge is 0.274 e. The van der Waals surface area contributed by atoms with Gasteiger partial charge in [0.25, 0.3) is 11.5 Å².